The molecule has 0 bridgehead atoms. The van der Waals surface area contributed by atoms with Gasteiger partial charge in [0.15, 0.2) is 16.6 Å². The fourth-order valence-electron chi connectivity index (χ4n) is 1.33. The van der Waals surface area contributed by atoms with Crippen LogP contribution in [0, 0.1) is 0 Å². The lowest BCUT2D eigenvalue weighted by molar-refractivity contribution is 0.171. The van der Waals surface area contributed by atoms with Crippen LogP contribution in [-0.4, -0.2) is 30.4 Å². The van der Waals surface area contributed by atoms with E-state index >= 15 is 0 Å². The van der Waals surface area contributed by atoms with Crippen molar-refractivity contribution < 1.29 is 9.47 Å². The number of ether oxygens (including phenoxy) is 2. The van der Waals surface area contributed by atoms with Crippen LogP contribution in [0.25, 0.3) is 0 Å². The van der Waals surface area contributed by atoms with Gasteiger partial charge in [-0.25, -0.2) is 5.84 Å². The Hall–Kier alpha value is -1.53. The Balaban J connectivity index is 2.14. The van der Waals surface area contributed by atoms with E-state index in [-0.39, 0.29) is 0 Å². The van der Waals surface area contributed by atoms with Crippen molar-refractivity contribution in [2.45, 2.75) is 0 Å². The predicted molar refractivity (Wildman–Crippen MR) is 65.6 cm³/mol. The molecule has 0 spiro atoms. The van der Waals surface area contributed by atoms with Crippen LogP contribution < -0.4 is 20.6 Å². The molecule has 86 valence electrons. The summed E-state index contributed by atoms with van der Waals surface area (Å²) in [6, 6.07) is 5.55. The summed E-state index contributed by atoms with van der Waals surface area (Å²) in [5.41, 5.74) is 0.826. The monoisotopic (exact) mass is 239 g/mol. The lowest BCUT2D eigenvalue weighted by Crippen LogP contribution is -2.36. The second kappa shape index (κ2) is 4.54. The SMILES string of the molecule is CN(N)C(=S)Nc1ccc2c(c1)OCCO2. The lowest BCUT2D eigenvalue weighted by atomic mass is 10.2. The zero-order valence-electron chi connectivity index (χ0n) is 8.90. The smallest absolute Gasteiger partial charge is 0.187 e. The van der Waals surface area contributed by atoms with E-state index in [2.05, 4.69) is 5.32 Å². The molecule has 1 aromatic carbocycles. The second-order valence-electron chi connectivity index (χ2n) is 3.40. The predicted octanol–water partition coefficient (Wildman–Crippen LogP) is 0.960. The number of fused-ring (bicyclic) bond motifs is 1. The Morgan fingerprint density at radius 1 is 1.38 bits per heavy atom. The van der Waals surface area contributed by atoms with Crippen molar-refractivity contribution >= 4 is 23.0 Å². The van der Waals surface area contributed by atoms with E-state index in [0.717, 1.165) is 17.2 Å². The van der Waals surface area contributed by atoms with Crippen LogP contribution in [0.4, 0.5) is 5.69 Å². The van der Waals surface area contributed by atoms with E-state index in [1.54, 1.807) is 7.05 Å². The van der Waals surface area contributed by atoms with Crippen LogP contribution in [0.1, 0.15) is 0 Å². The molecule has 0 radical (unpaired) electrons. The molecule has 16 heavy (non-hydrogen) atoms. The van der Waals surface area contributed by atoms with Gasteiger partial charge in [0.25, 0.3) is 0 Å². The number of hydrazine groups is 1. The maximum absolute atomic E-state index is 5.50. The minimum atomic E-state index is 0.441. The van der Waals surface area contributed by atoms with Gasteiger partial charge in [-0.1, -0.05) is 0 Å². The first-order chi connectivity index (χ1) is 7.66. The number of nitrogens with two attached hydrogens (primary N) is 1. The molecule has 0 atom stereocenters. The highest BCUT2D eigenvalue weighted by molar-refractivity contribution is 7.80. The van der Waals surface area contributed by atoms with Gasteiger partial charge >= 0.3 is 0 Å². The van der Waals surface area contributed by atoms with Crippen LogP contribution in [0.15, 0.2) is 18.2 Å². The van der Waals surface area contributed by atoms with Gasteiger partial charge < -0.3 is 14.8 Å². The standard InChI is InChI=1S/C10H13N3O2S/c1-13(11)10(16)12-7-2-3-8-9(6-7)15-5-4-14-8/h2-3,6H,4-5,11H2,1H3,(H,12,16). The van der Waals surface area contributed by atoms with E-state index < -0.39 is 0 Å². The van der Waals surface area contributed by atoms with Crippen molar-refractivity contribution in [2.75, 3.05) is 25.6 Å². The van der Waals surface area contributed by atoms with Gasteiger partial charge in [0, 0.05) is 18.8 Å². The summed E-state index contributed by atoms with van der Waals surface area (Å²) >= 11 is 5.03. The quantitative estimate of drug-likeness (QED) is 0.432. The summed E-state index contributed by atoms with van der Waals surface area (Å²) in [4.78, 5) is 0. The van der Waals surface area contributed by atoms with Crippen molar-refractivity contribution in [2.24, 2.45) is 5.84 Å². The maximum Gasteiger partial charge on any atom is 0.187 e. The molecule has 1 aliphatic rings. The van der Waals surface area contributed by atoms with E-state index in [1.165, 1.54) is 5.01 Å². The highest BCUT2D eigenvalue weighted by Gasteiger charge is 2.12. The molecule has 5 nitrogen and oxygen atoms in total. The van der Waals surface area contributed by atoms with E-state index in [0.29, 0.717) is 18.3 Å². The van der Waals surface area contributed by atoms with Crippen LogP contribution in [-0.2, 0) is 0 Å². The van der Waals surface area contributed by atoms with Crippen molar-refractivity contribution in [1.82, 2.24) is 5.01 Å². The molecule has 2 rings (SSSR count). The third-order valence-electron chi connectivity index (χ3n) is 2.11. The molecule has 0 saturated carbocycles. The number of benzene rings is 1. The third-order valence-corrected chi connectivity index (χ3v) is 2.50. The van der Waals surface area contributed by atoms with Gasteiger partial charge in [0.2, 0.25) is 0 Å². The average molecular weight is 239 g/mol. The number of anilines is 1. The van der Waals surface area contributed by atoms with Crippen LogP contribution in [0.2, 0.25) is 0 Å². The first kappa shape index (κ1) is 11.0. The van der Waals surface area contributed by atoms with Crippen molar-refractivity contribution in [3.8, 4) is 11.5 Å². The number of hydrogen-bond donors (Lipinski definition) is 2. The fourth-order valence-corrected chi connectivity index (χ4v) is 1.45. The van der Waals surface area contributed by atoms with Crippen molar-refractivity contribution in [3.05, 3.63) is 18.2 Å². The first-order valence-electron chi connectivity index (χ1n) is 4.86. The minimum Gasteiger partial charge on any atom is -0.486 e. The topological polar surface area (TPSA) is 59.8 Å². The largest absolute Gasteiger partial charge is 0.486 e. The zero-order chi connectivity index (χ0) is 11.5. The zero-order valence-corrected chi connectivity index (χ0v) is 9.71. The molecule has 0 aromatic heterocycles. The Kier molecular flexibility index (Phi) is 3.12. The van der Waals surface area contributed by atoms with Gasteiger partial charge in [0.1, 0.15) is 13.2 Å². The normalized spacial score (nSPS) is 13.1. The summed E-state index contributed by atoms with van der Waals surface area (Å²) in [5.74, 6) is 6.97. The summed E-state index contributed by atoms with van der Waals surface area (Å²) in [6.45, 7) is 1.15. The molecule has 6 heteroatoms. The molecule has 0 amide bonds. The summed E-state index contributed by atoms with van der Waals surface area (Å²) in [6.07, 6.45) is 0. The highest BCUT2D eigenvalue weighted by atomic mass is 32.1. The van der Waals surface area contributed by atoms with E-state index in [9.17, 15) is 0 Å². The summed E-state index contributed by atoms with van der Waals surface area (Å²) in [5, 5.41) is 4.77. The number of nitrogens with zero attached hydrogens (tertiary/aromatic N) is 1. The minimum absolute atomic E-state index is 0.441. The third kappa shape index (κ3) is 2.34. The van der Waals surface area contributed by atoms with Gasteiger partial charge in [-0.2, -0.15) is 0 Å². The number of thiocarbonyl (C=S) groups is 1. The number of hydrogen-bond acceptors (Lipinski definition) is 4. The maximum atomic E-state index is 5.50. The number of rotatable bonds is 1. The molecule has 1 aliphatic heterocycles. The van der Waals surface area contributed by atoms with Crippen LogP contribution in [0.5, 0.6) is 11.5 Å². The molecule has 1 heterocycles. The molecular formula is C10H13N3O2S. The molecule has 0 fully saturated rings. The molecule has 0 aliphatic carbocycles. The fraction of sp³-hybridized carbons (Fsp3) is 0.300. The first-order valence-corrected chi connectivity index (χ1v) is 5.27. The van der Waals surface area contributed by atoms with Gasteiger partial charge in [-0.3, -0.25) is 5.01 Å². The van der Waals surface area contributed by atoms with Crippen molar-refractivity contribution in [1.29, 1.82) is 0 Å². The summed E-state index contributed by atoms with van der Waals surface area (Å²) < 4.78 is 10.9. The molecule has 0 saturated heterocycles. The Morgan fingerprint density at radius 2 is 2.06 bits per heavy atom. The van der Waals surface area contributed by atoms with Gasteiger partial charge in [-0.15, -0.1) is 0 Å². The van der Waals surface area contributed by atoms with Crippen molar-refractivity contribution in [3.63, 3.8) is 0 Å². The Bertz CT molecular complexity index is 409. The lowest BCUT2D eigenvalue weighted by Gasteiger charge is -2.20. The van der Waals surface area contributed by atoms with E-state index in [1.807, 2.05) is 18.2 Å². The Morgan fingerprint density at radius 3 is 2.75 bits per heavy atom. The molecular weight excluding hydrogens is 226 g/mol. The van der Waals surface area contributed by atoms with Crippen LogP contribution in [0.3, 0.4) is 0 Å². The number of nitrogens with one attached hydrogen (secondary N) is 1. The van der Waals surface area contributed by atoms with E-state index in [4.69, 9.17) is 27.5 Å². The van der Waals surface area contributed by atoms with Gasteiger partial charge in [0.05, 0.1) is 0 Å². The average Bonchev–Trinajstić information content (AvgIpc) is 2.28. The molecule has 0 unspecified atom stereocenters. The highest BCUT2D eigenvalue weighted by Crippen LogP contribution is 2.32. The molecule has 3 N–H and O–H groups in total. The molecule has 1 aromatic rings. The van der Waals surface area contributed by atoms with Gasteiger partial charge in [-0.05, 0) is 24.4 Å². The van der Waals surface area contributed by atoms with Crippen LogP contribution >= 0.6 is 12.2 Å². The second-order valence-corrected chi connectivity index (χ2v) is 3.79. The summed E-state index contributed by atoms with van der Waals surface area (Å²) in [7, 11) is 1.67. The Labute approximate surface area is 99.1 Å².